The molecule has 2 heterocycles. The van der Waals surface area contributed by atoms with E-state index in [1.807, 2.05) is 6.07 Å². The van der Waals surface area contributed by atoms with Crippen molar-refractivity contribution in [2.24, 2.45) is 5.10 Å². The van der Waals surface area contributed by atoms with Crippen LogP contribution in [0, 0.1) is 0 Å². The van der Waals surface area contributed by atoms with E-state index < -0.39 is 0 Å². The lowest BCUT2D eigenvalue weighted by Gasteiger charge is -1.99. The SMILES string of the molecule is O=C(N/N=C/c1ccco1)c1ccc2nc(-c3ccccc3O)[nH]c2c1. The number of phenolic OH excluding ortho intramolecular Hbond substituents is 1. The summed E-state index contributed by atoms with van der Waals surface area (Å²) >= 11 is 0. The Morgan fingerprint density at radius 1 is 1.19 bits per heavy atom. The Kier molecular flexibility index (Phi) is 3.95. The van der Waals surface area contributed by atoms with Crippen LogP contribution in [0.5, 0.6) is 5.75 Å². The topological polar surface area (TPSA) is 104 Å². The lowest BCUT2D eigenvalue weighted by atomic mass is 10.2. The monoisotopic (exact) mass is 346 g/mol. The van der Waals surface area contributed by atoms with Crippen molar-refractivity contribution in [2.75, 3.05) is 0 Å². The maximum Gasteiger partial charge on any atom is 0.271 e. The summed E-state index contributed by atoms with van der Waals surface area (Å²) in [7, 11) is 0. The summed E-state index contributed by atoms with van der Waals surface area (Å²) in [6, 6.07) is 15.5. The van der Waals surface area contributed by atoms with Crippen LogP contribution in [0.1, 0.15) is 16.1 Å². The fourth-order valence-corrected chi connectivity index (χ4v) is 2.54. The molecule has 0 unspecified atom stereocenters. The molecular formula is C19H14N4O3. The third kappa shape index (κ3) is 3.05. The summed E-state index contributed by atoms with van der Waals surface area (Å²) in [6.07, 6.45) is 2.94. The molecule has 0 fully saturated rings. The minimum atomic E-state index is -0.353. The molecule has 4 rings (SSSR count). The summed E-state index contributed by atoms with van der Waals surface area (Å²) in [5.41, 5.74) is 4.85. The first kappa shape index (κ1) is 15.6. The summed E-state index contributed by atoms with van der Waals surface area (Å²) in [4.78, 5) is 19.8. The van der Waals surface area contributed by atoms with Gasteiger partial charge in [0.2, 0.25) is 0 Å². The van der Waals surface area contributed by atoms with E-state index in [0.717, 1.165) is 0 Å². The first-order chi connectivity index (χ1) is 12.7. The quantitative estimate of drug-likeness (QED) is 0.389. The number of furan rings is 1. The number of aromatic hydroxyl groups is 1. The van der Waals surface area contributed by atoms with E-state index in [0.29, 0.717) is 33.7 Å². The Labute approximate surface area is 148 Å². The first-order valence-electron chi connectivity index (χ1n) is 7.86. The number of imidazole rings is 1. The number of H-pyrrole nitrogens is 1. The number of carbonyl (C=O) groups is 1. The second-order valence-corrected chi connectivity index (χ2v) is 5.55. The molecule has 0 saturated heterocycles. The third-order valence-corrected chi connectivity index (χ3v) is 3.80. The Hall–Kier alpha value is -3.87. The molecular weight excluding hydrogens is 332 g/mol. The number of phenols is 1. The molecule has 7 nitrogen and oxygen atoms in total. The zero-order chi connectivity index (χ0) is 17.9. The highest BCUT2D eigenvalue weighted by atomic mass is 16.3. The lowest BCUT2D eigenvalue weighted by molar-refractivity contribution is 0.0955. The van der Waals surface area contributed by atoms with E-state index in [-0.39, 0.29) is 11.7 Å². The highest BCUT2D eigenvalue weighted by molar-refractivity contribution is 5.98. The van der Waals surface area contributed by atoms with Gasteiger partial charge in [-0.05, 0) is 42.5 Å². The summed E-state index contributed by atoms with van der Waals surface area (Å²) in [6.45, 7) is 0. The third-order valence-electron chi connectivity index (χ3n) is 3.80. The number of nitrogens with one attached hydrogen (secondary N) is 2. The Morgan fingerprint density at radius 3 is 2.88 bits per heavy atom. The van der Waals surface area contributed by atoms with Crippen molar-refractivity contribution in [3.8, 4) is 17.1 Å². The van der Waals surface area contributed by atoms with Gasteiger partial charge in [0.25, 0.3) is 5.91 Å². The molecule has 2 aromatic heterocycles. The van der Waals surface area contributed by atoms with Gasteiger partial charge in [-0.25, -0.2) is 10.4 Å². The highest BCUT2D eigenvalue weighted by Gasteiger charge is 2.11. The molecule has 0 aliphatic rings. The molecule has 128 valence electrons. The number of hydrogen-bond donors (Lipinski definition) is 3. The van der Waals surface area contributed by atoms with Gasteiger partial charge in [-0.1, -0.05) is 12.1 Å². The van der Waals surface area contributed by atoms with Gasteiger partial charge in [0.1, 0.15) is 17.3 Å². The van der Waals surface area contributed by atoms with Gasteiger partial charge in [0.15, 0.2) is 0 Å². The molecule has 4 aromatic rings. The van der Waals surface area contributed by atoms with Gasteiger partial charge in [-0.15, -0.1) is 0 Å². The lowest BCUT2D eigenvalue weighted by Crippen LogP contribution is -2.17. The number of hydrazone groups is 1. The van der Waals surface area contributed by atoms with E-state index in [1.54, 1.807) is 48.5 Å². The molecule has 26 heavy (non-hydrogen) atoms. The molecule has 0 radical (unpaired) electrons. The number of aromatic amines is 1. The van der Waals surface area contributed by atoms with Gasteiger partial charge in [0, 0.05) is 5.56 Å². The molecule has 1 amide bonds. The van der Waals surface area contributed by atoms with Crippen molar-refractivity contribution in [2.45, 2.75) is 0 Å². The van der Waals surface area contributed by atoms with Crippen LogP contribution in [-0.4, -0.2) is 27.2 Å². The number of amides is 1. The van der Waals surface area contributed by atoms with Crippen molar-refractivity contribution in [3.63, 3.8) is 0 Å². The molecule has 0 aliphatic heterocycles. The van der Waals surface area contributed by atoms with Crippen LogP contribution in [0.25, 0.3) is 22.4 Å². The number of hydrogen-bond acceptors (Lipinski definition) is 5. The molecule has 3 N–H and O–H groups in total. The average Bonchev–Trinajstić information content (AvgIpc) is 3.30. The second-order valence-electron chi connectivity index (χ2n) is 5.55. The molecule has 7 heteroatoms. The van der Waals surface area contributed by atoms with E-state index in [9.17, 15) is 9.90 Å². The number of fused-ring (bicyclic) bond motifs is 1. The predicted molar refractivity (Wildman–Crippen MR) is 97.0 cm³/mol. The fourth-order valence-electron chi connectivity index (χ4n) is 2.54. The van der Waals surface area contributed by atoms with E-state index in [2.05, 4.69) is 20.5 Å². The van der Waals surface area contributed by atoms with Gasteiger partial charge >= 0.3 is 0 Å². The summed E-state index contributed by atoms with van der Waals surface area (Å²) in [5, 5.41) is 13.8. The molecule has 2 aromatic carbocycles. The van der Waals surface area contributed by atoms with Crippen LogP contribution in [-0.2, 0) is 0 Å². The van der Waals surface area contributed by atoms with Crippen LogP contribution in [0.3, 0.4) is 0 Å². The van der Waals surface area contributed by atoms with E-state index in [1.165, 1.54) is 12.5 Å². The number of nitrogens with zero attached hydrogens (tertiary/aromatic N) is 2. The smallest absolute Gasteiger partial charge is 0.271 e. The van der Waals surface area contributed by atoms with Crippen LogP contribution in [0.15, 0.2) is 70.4 Å². The number of carbonyl (C=O) groups excluding carboxylic acids is 1. The highest BCUT2D eigenvalue weighted by Crippen LogP contribution is 2.28. The maximum atomic E-state index is 12.2. The van der Waals surface area contributed by atoms with Gasteiger partial charge in [0.05, 0.1) is 29.1 Å². The Balaban J connectivity index is 1.57. The molecule has 0 aliphatic carbocycles. The zero-order valence-corrected chi connectivity index (χ0v) is 13.5. The van der Waals surface area contributed by atoms with Crippen molar-refractivity contribution in [1.29, 1.82) is 0 Å². The van der Waals surface area contributed by atoms with Crippen LogP contribution >= 0.6 is 0 Å². The first-order valence-corrected chi connectivity index (χ1v) is 7.86. The molecule has 0 bridgehead atoms. The van der Waals surface area contributed by atoms with Crippen molar-refractivity contribution < 1.29 is 14.3 Å². The van der Waals surface area contributed by atoms with Crippen LogP contribution in [0.2, 0.25) is 0 Å². The standard InChI is InChI=1S/C19H14N4O3/c24-17-6-2-1-5-14(17)18-21-15-8-7-12(10-16(15)22-18)19(25)23-20-11-13-4-3-9-26-13/h1-11,24H,(H,21,22)(H,23,25)/b20-11+. The number of aromatic nitrogens is 2. The number of benzene rings is 2. The van der Waals surface area contributed by atoms with Gasteiger partial charge in [-0.2, -0.15) is 5.10 Å². The second kappa shape index (κ2) is 6.56. The van der Waals surface area contributed by atoms with Gasteiger partial charge in [-0.3, -0.25) is 4.79 Å². The number of rotatable bonds is 4. The number of para-hydroxylation sites is 1. The van der Waals surface area contributed by atoms with Crippen molar-refractivity contribution >= 4 is 23.2 Å². The Morgan fingerprint density at radius 2 is 2.08 bits per heavy atom. The average molecular weight is 346 g/mol. The minimum absolute atomic E-state index is 0.136. The fraction of sp³-hybridized carbons (Fsp3) is 0. The molecule has 0 saturated carbocycles. The van der Waals surface area contributed by atoms with Crippen molar-refractivity contribution in [1.82, 2.24) is 15.4 Å². The summed E-state index contributed by atoms with van der Waals surface area (Å²) in [5.74, 6) is 0.860. The van der Waals surface area contributed by atoms with Crippen LogP contribution < -0.4 is 5.43 Å². The molecule has 0 atom stereocenters. The largest absolute Gasteiger partial charge is 0.507 e. The minimum Gasteiger partial charge on any atom is -0.507 e. The van der Waals surface area contributed by atoms with E-state index in [4.69, 9.17) is 4.42 Å². The maximum absolute atomic E-state index is 12.2. The van der Waals surface area contributed by atoms with Crippen molar-refractivity contribution in [3.05, 3.63) is 72.2 Å². The van der Waals surface area contributed by atoms with Gasteiger partial charge < -0.3 is 14.5 Å². The summed E-state index contributed by atoms with van der Waals surface area (Å²) < 4.78 is 5.10. The predicted octanol–water partition coefficient (Wildman–Crippen LogP) is 3.29. The zero-order valence-electron chi connectivity index (χ0n) is 13.5. The molecule has 0 spiro atoms. The van der Waals surface area contributed by atoms with Crippen LogP contribution in [0.4, 0.5) is 0 Å². The van der Waals surface area contributed by atoms with E-state index >= 15 is 0 Å². The normalized spacial score (nSPS) is 11.2. The Bertz CT molecular complexity index is 1100.